The van der Waals surface area contributed by atoms with Gasteiger partial charge in [0.25, 0.3) is 5.91 Å². The molecule has 2 saturated heterocycles. The Morgan fingerprint density at radius 3 is 2.65 bits per heavy atom. The molecular formula is C23H35N8O10PS. The number of nitrogens with one attached hydrogen (secondary N) is 2. The lowest BCUT2D eigenvalue weighted by Crippen LogP contribution is -2.44. The molecule has 6 N–H and O–H groups in total. The number of carbonyl (C=O) groups is 3. The van der Waals surface area contributed by atoms with Gasteiger partial charge in [-0.3, -0.25) is 23.6 Å². The predicted octanol–water partition coefficient (Wildman–Crippen LogP) is -0.236. The number of imide groups is 1. The Hall–Kier alpha value is -3.06. The molecule has 0 saturated carbocycles. The van der Waals surface area contributed by atoms with Crippen molar-refractivity contribution in [1.29, 1.82) is 0 Å². The van der Waals surface area contributed by atoms with Crippen LogP contribution in [0.15, 0.2) is 6.33 Å². The number of aromatic nitrogens is 4. The fourth-order valence-corrected chi connectivity index (χ4v) is 8.29. The first-order valence-electron chi connectivity index (χ1n) is 13.1. The van der Waals surface area contributed by atoms with Gasteiger partial charge in [0.05, 0.1) is 26.1 Å². The van der Waals surface area contributed by atoms with E-state index < -0.39 is 73.5 Å². The van der Waals surface area contributed by atoms with Crippen LogP contribution in [0.5, 0.6) is 5.88 Å². The fourth-order valence-electron chi connectivity index (χ4n) is 4.43. The van der Waals surface area contributed by atoms with E-state index in [0.717, 1.165) is 4.90 Å². The SMILES string of the molecule is COc1nc(N)nc2c1ncn2[C@@H]1O[C@H](CO[P@@](=O)(N[C@H](C)C(=O)OC(C)C)SC[C@H]2NC(=O)N(C)C2=O)[C@@H](O)C1(C)O. The molecule has 4 heterocycles. The van der Waals surface area contributed by atoms with Crippen molar-refractivity contribution < 1.29 is 47.9 Å². The molecule has 0 radical (unpaired) electrons. The molecular weight excluding hydrogens is 611 g/mol. The maximum absolute atomic E-state index is 14.0. The van der Waals surface area contributed by atoms with Crippen LogP contribution in [-0.2, 0) is 28.2 Å². The number of fused-ring (bicyclic) bond motifs is 1. The van der Waals surface area contributed by atoms with E-state index in [0.29, 0.717) is 11.4 Å². The second-order valence-corrected chi connectivity index (χ2v) is 14.8. The van der Waals surface area contributed by atoms with Crippen molar-refractivity contribution >= 4 is 53.1 Å². The Bertz CT molecular complexity index is 1440. The number of amides is 3. The first-order chi connectivity index (χ1) is 20.1. The minimum Gasteiger partial charge on any atom is -0.479 e. The average molecular weight is 647 g/mol. The van der Waals surface area contributed by atoms with Crippen molar-refractivity contribution in [3.8, 4) is 5.88 Å². The molecule has 43 heavy (non-hydrogen) atoms. The predicted molar refractivity (Wildman–Crippen MR) is 152 cm³/mol. The number of nitrogens with zero attached hydrogens (tertiary/aromatic N) is 5. The molecule has 2 aliphatic heterocycles. The largest absolute Gasteiger partial charge is 0.479 e. The minimum absolute atomic E-state index is 0.0941. The highest BCUT2D eigenvalue weighted by Gasteiger charge is 2.54. The second kappa shape index (κ2) is 12.5. The van der Waals surface area contributed by atoms with Crippen molar-refractivity contribution in [2.45, 2.75) is 69.9 Å². The summed E-state index contributed by atoms with van der Waals surface area (Å²) in [7, 11) is 2.68. The molecule has 0 spiro atoms. The summed E-state index contributed by atoms with van der Waals surface area (Å²) in [4.78, 5) is 49.9. The highest BCUT2D eigenvalue weighted by atomic mass is 32.7. The first-order valence-corrected chi connectivity index (χ1v) is 16.3. The lowest BCUT2D eigenvalue weighted by molar-refractivity contribution is -0.149. The monoisotopic (exact) mass is 646 g/mol. The Labute approximate surface area is 250 Å². The van der Waals surface area contributed by atoms with Gasteiger partial charge >= 0.3 is 18.7 Å². The zero-order chi connectivity index (χ0) is 31.9. The van der Waals surface area contributed by atoms with Gasteiger partial charge < -0.3 is 40.0 Å². The number of urea groups is 1. The number of rotatable bonds is 12. The van der Waals surface area contributed by atoms with Crippen LogP contribution in [-0.4, -0.2) is 115 Å². The summed E-state index contributed by atoms with van der Waals surface area (Å²) < 4.78 is 37.4. The molecule has 4 rings (SSSR count). The number of nitrogen functional groups attached to an aromatic ring is 1. The number of likely N-dealkylation sites (N-methyl/N-ethyl adjacent to an activating group) is 1. The van der Waals surface area contributed by atoms with Gasteiger partial charge in [0.1, 0.15) is 29.9 Å². The van der Waals surface area contributed by atoms with Crippen molar-refractivity contribution in [3.05, 3.63) is 6.33 Å². The Morgan fingerprint density at radius 2 is 2.05 bits per heavy atom. The fraction of sp³-hybridized carbons (Fsp3) is 0.652. The number of carbonyl (C=O) groups excluding carboxylic acids is 3. The smallest absolute Gasteiger partial charge is 0.327 e. The number of imidazole rings is 1. The van der Waals surface area contributed by atoms with Crippen LogP contribution >= 0.6 is 18.1 Å². The topological polar surface area (TPSA) is 243 Å². The number of aliphatic hydroxyl groups excluding tert-OH is 1. The highest BCUT2D eigenvalue weighted by Crippen LogP contribution is 2.57. The van der Waals surface area contributed by atoms with Gasteiger partial charge in [-0.2, -0.15) is 9.97 Å². The molecule has 20 heteroatoms. The summed E-state index contributed by atoms with van der Waals surface area (Å²) in [6.45, 7) is 1.49. The van der Waals surface area contributed by atoms with Crippen molar-refractivity contribution in [3.63, 3.8) is 0 Å². The van der Waals surface area contributed by atoms with Crippen LogP contribution in [0.4, 0.5) is 10.7 Å². The number of methoxy groups -OCH3 is 1. The van der Waals surface area contributed by atoms with Crippen LogP contribution in [0.2, 0.25) is 0 Å². The third kappa shape index (κ3) is 6.72. The number of hydrogen-bond acceptors (Lipinski definition) is 15. The quantitative estimate of drug-likeness (QED) is 0.114. The molecule has 238 valence electrons. The van der Waals surface area contributed by atoms with E-state index in [9.17, 15) is 29.2 Å². The maximum atomic E-state index is 14.0. The van der Waals surface area contributed by atoms with E-state index in [4.69, 9.17) is 24.5 Å². The van der Waals surface area contributed by atoms with Gasteiger partial charge in [-0.25, -0.2) is 14.9 Å². The van der Waals surface area contributed by atoms with Gasteiger partial charge in [0.2, 0.25) is 11.8 Å². The molecule has 2 aromatic heterocycles. The summed E-state index contributed by atoms with van der Waals surface area (Å²) in [5.41, 5.74) is 4.27. The molecule has 0 aromatic carbocycles. The summed E-state index contributed by atoms with van der Waals surface area (Å²) in [6.07, 6.45) is -3.16. The third-order valence-electron chi connectivity index (χ3n) is 6.72. The number of esters is 1. The second-order valence-electron chi connectivity index (χ2n) is 10.4. The number of nitrogens with two attached hydrogens (primary N) is 1. The van der Waals surface area contributed by atoms with Crippen LogP contribution < -0.4 is 20.9 Å². The molecule has 2 fully saturated rings. The van der Waals surface area contributed by atoms with E-state index in [1.165, 1.54) is 38.9 Å². The molecule has 1 unspecified atom stereocenters. The maximum Gasteiger partial charge on any atom is 0.327 e. The summed E-state index contributed by atoms with van der Waals surface area (Å²) in [5.74, 6) is -1.42. The first kappa shape index (κ1) is 32.8. The molecule has 0 bridgehead atoms. The Kier molecular flexibility index (Phi) is 9.55. The van der Waals surface area contributed by atoms with Crippen LogP contribution in [0.1, 0.15) is 33.9 Å². The van der Waals surface area contributed by atoms with Gasteiger partial charge in [0, 0.05) is 12.8 Å². The number of hydrogen-bond donors (Lipinski definition) is 5. The van der Waals surface area contributed by atoms with Gasteiger partial charge in [-0.05, 0) is 27.7 Å². The number of ether oxygens (including phenoxy) is 3. The summed E-state index contributed by atoms with van der Waals surface area (Å²) >= 11 is 0.677. The van der Waals surface area contributed by atoms with Gasteiger partial charge in [0.15, 0.2) is 17.4 Å². The van der Waals surface area contributed by atoms with Gasteiger partial charge in [-0.15, -0.1) is 0 Å². The summed E-state index contributed by atoms with van der Waals surface area (Å²) in [5, 5.41) is 27.4. The molecule has 18 nitrogen and oxygen atoms in total. The third-order valence-corrected chi connectivity index (χ3v) is 10.8. The van der Waals surface area contributed by atoms with E-state index in [2.05, 4.69) is 25.4 Å². The van der Waals surface area contributed by atoms with Crippen LogP contribution in [0.3, 0.4) is 0 Å². The highest BCUT2D eigenvalue weighted by molar-refractivity contribution is 8.56. The average Bonchev–Trinajstić information content (AvgIpc) is 3.53. The Balaban J connectivity index is 1.53. The number of aliphatic hydroxyl groups is 2. The molecule has 2 aromatic rings. The standard InChI is InChI=1S/C23H35N8O10PS/c1-10(2)40-19(34)11(3)29-42(37,43-8-12-18(33)30(5)22(35)26-12)39-7-13-15(32)23(4,36)20(41-13)31-9-25-14-16(31)27-21(24)28-17(14)38-6/h9-13,15,20,32,36H,7-8H2,1-6H3,(H,26,35)(H,29,37)(H2,24,27,28)/t11-,12-,13-,15-,20-,23?,42+/m1/s1. The zero-order valence-corrected chi connectivity index (χ0v) is 26.0. The summed E-state index contributed by atoms with van der Waals surface area (Å²) in [6, 6.07) is -2.70. The van der Waals surface area contributed by atoms with Crippen LogP contribution in [0.25, 0.3) is 11.2 Å². The molecule has 2 aliphatic rings. The zero-order valence-electron chi connectivity index (χ0n) is 24.3. The number of anilines is 1. The Morgan fingerprint density at radius 1 is 1.35 bits per heavy atom. The molecule has 3 amide bonds. The van der Waals surface area contributed by atoms with Crippen molar-refractivity contribution in [2.24, 2.45) is 0 Å². The van der Waals surface area contributed by atoms with E-state index in [-0.39, 0.29) is 28.7 Å². The lowest BCUT2D eigenvalue weighted by Gasteiger charge is -2.27. The normalized spacial score (nSPS) is 27.9. The van der Waals surface area contributed by atoms with Crippen molar-refractivity contribution in [1.82, 2.24) is 34.8 Å². The van der Waals surface area contributed by atoms with E-state index in [1.54, 1.807) is 13.8 Å². The van der Waals surface area contributed by atoms with E-state index in [1.807, 2.05) is 0 Å². The lowest BCUT2D eigenvalue weighted by atomic mass is 9.96. The van der Waals surface area contributed by atoms with Crippen molar-refractivity contribution in [2.75, 3.05) is 32.3 Å². The molecule has 0 aliphatic carbocycles. The van der Waals surface area contributed by atoms with Gasteiger partial charge in [-0.1, -0.05) is 11.4 Å². The van der Waals surface area contributed by atoms with Crippen LogP contribution in [0, 0.1) is 0 Å². The van der Waals surface area contributed by atoms with E-state index >= 15 is 0 Å². The minimum atomic E-state index is -4.05. The molecule has 7 atom stereocenters.